The van der Waals surface area contributed by atoms with Crippen LogP contribution in [-0.2, 0) is 19.2 Å². The van der Waals surface area contributed by atoms with E-state index in [1.54, 1.807) is 6.20 Å². The van der Waals surface area contributed by atoms with Crippen LogP contribution < -0.4 is 0 Å². The minimum Gasteiger partial charge on any atom is -0.381 e. The summed E-state index contributed by atoms with van der Waals surface area (Å²) < 4.78 is 1.97. The predicted octanol–water partition coefficient (Wildman–Crippen LogP) is 3.85. The Morgan fingerprint density at radius 3 is 2.52 bits per heavy atom. The Bertz CT molecular complexity index is 762. The second kappa shape index (κ2) is 6.58. The predicted molar refractivity (Wildman–Crippen MR) is 99.7 cm³/mol. The molecule has 6 heteroatoms. The van der Waals surface area contributed by atoms with Gasteiger partial charge >= 0.3 is 0 Å². The number of aryl methyl sites for hydroxylation is 1. The van der Waals surface area contributed by atoms with Crippen LogP contribution in [0.2, 0.25) is 10.0 Å². The molecule has 0 spiro atoms. The summed E-state index contributed by atoms with van der Waals surface area (Å²) in [7, 11) is 1.97. The summed E-state index contributed by atoms with van der Waals surface area (Å²) in [5, 5.41) is 12.8. The summed E-state index contributed by atoms with van der Waals surface area (Å²) in [6, 6.07) is 5.83. The zero-order valence-electron chi connectivity index (χ0n) is 14.3. The van der Waals surface area contributed by atoms with Gasteiger partial charge in [-0.2, -0.15) is 0 Å². The Morgan fingerprint density at radius 2 is 1.92 bits per heavy atom. The van der Waals surface area contributed by atoms with E-state index in [9.17, 15) is 5.11 Å². The normalized spacial score (nSPS) is 29.8. The van der Waals surface area contributed by atoms with Gasteiger partial charge in [0.1, 0.15) is 11.4 Å². The van der Waals surface area contributed by atoms with Crippen molar-refractivity contribution in [2.45, 2.75) is 31.4 Å². The standard InChI is InChI=1S/C19H23Cl2N3O/c1-23-8-7-22-18(23)19(25)14-3-2-4-15(19)12-24(11-14)10-13-5-6-16(20)17(21)9-13/h5-9,14-15,25H,2-4,10-12H2,1H3/t14-,15+,19?. The van der Waals surface area contributed by atoms with Crippen LogP contribution in [0.1, 0.15) is 30.7 Å². The lowest BCUT2D eigenvalue weighted by atomic mass is 9.65. The van der Waals surface area contributed by atoms with E-state index in [1.165, 1.54) is 6.42 Å². The molecule has 1 saturated heterocycles. The molecule has 4 nitrogen and oxygen atoms in total. The third kappa shape index (κ3) is 2.99. The number of piperidine rings is 1. The molecular formula is C19H23Cl2N3O. The summed E-state index contributed by atoms with van der Waals surface area (Å²) in [4.78, 5) is 6.92. The Morgan fingerprint density at radius 1 is 1.20 bits per heavy atom. The van der Waals surface area contributed by atoms with Gasteiger partial charge in [0, 0.05) is 50.9 Å². The van der Waals surface area contributed by atoms with E-state index >= 15 is 0 Å². The largest absolute Gasteiger partial charge is 0.381 e. The smallest absolute Gasteiger partial charge is 0.141 e. The zero-order valence-corrected chi connectivity index (χ0v) is 15.8. The van der Waals surface area contributed by atoms with Crippen molar-refractivity contribution in [3.63, 3.8) is 0 Å². The van der Waals surface area contributed by atoms with E-state index in [-0.39, 0.29) is 11.8 Å². The number of imidazole rings is 1. The number of hydrogen-bond donors (Lipinski definition) is 1. The molecule has 1 aliphatic heterocycles. The number of aromatic nitrogens is 2. The van der Waals surface area contributed by atoms with Crippen molar-refractivity contribution in [2.75, 3.05) is 13.1 Å². The molecule has 1 aromatic carbocycles. The third-order valence-electron chi connectivity index (χ3n) is 5.88. The minimum atomic E-state index is -0.815. The Hall–Kier alpha value is -1.07. The van der Waals surface area contributed by atoms with Crippen LogP contribution >= 0.6 is 23.2 Å². The van der Waals surface area contributed by atoms with Crippen LogP contribution in [0.25, 0.3) is 0 Å². The van der Waals surface area contributed by atoms with Gasteiger partial charge in [-0.1, -0.05) is 35.7 Å². The fourth-order valence-corrected chi connectivity index (χ4v) is 5.01. The number of rotatable bonds is 3. The lowest BCUT2D eigenvalue weighted by Gasteiger charge is -2.52. The molecule has 2 aliphatic rings. The van der Waals surface area contributed by atoms with Gasteiger partial charge in [-0.05, 0) is 30.5 Å². The summed E-state index contributed by atoms with van der Waals surface area (Å²) in [6.45, 7) is 2.58. The van der Waals surface area contributed by atoms with Gasteiger partial charge in [0.05, 0.1) is 10.0 Å². The molecule has 2 fully saturated rings. The summed E-state index contributed by atoms with van der Waals surface area (Å²) >= 11 is 12.2. The number of aliphatic hydroxyl groups is 1. The molecule has 134 valence electrons. The highest BCUT2D eigenvalue weighted by Crippen LogP contribution is 2.48. The molecule has 0 amide bonds. The van der Waals surface area contributed by atoms with Gasteiger partial charge in [-0.15, -0.1) is 0 Å². The number of benzene rings is 1. The maximum Gasteiger partial charge on any atom is 0.141 e. The van der Waals surface area contributed by atoms with Gasteiger partial charge < -0.3 is 9.67 Å². The van der Waals surface area contributed by atoms with E-state index in [1.807, 2.05) is 36.0 Å². The summed E-state index contributed by atoms with van der Waals surface area (Å²) in [5.41, 5.74) is 0.347. The maximum atomic E-state index is 11.6. The van der Waals surface area contributed by atoms with Gasteiger partial charge in [0.25, 0.3) is 0 Å². The number of hydrogen-bond acceptors (Lipinski definition) is 3. The maximum absolute atomic E-state index is 11.6. The van der Waals surface area contributed by atoms with Gasteiger partial charge in [-0.3, -0.25) is 4.90 Å². The molecule has 1 aromatic heterocycles. The molecule has 1 aliphatic carbocycles. The average Bonchev–Trinajstić information content (AvgIpc) is 2.99. The van der Waals surface area contributed by atoms with Crippen molar-refractivity contribution >= 4 is 23.2 Å². The molecule has 2 aromatic rings. The number of fused-ring (bicyclic) bond motifs is 2. The van der Waals surface area contributed by atoms with E-state index in [2.05, 4.69) is 9.88 Å². The first-order chi connectivity index (χ1) is 12.0. The van der Waals surface area contributed by atoms with Crippen molar-refractivity contribution in [3.05, 3.63) is 52.0 Å². The molecule has 25 heavy (non-hydrogen) atoms. The highest BCUT2D eigenvalue weighted by atomic mass is 35.5. The fourth-order valence-electron chi connectivity index (χ4n) is 4.68. The molecule has 2 heterocycles. The molecule has 3 atom stereocenters. The van der Waals surface area contributed by atoms with Gasteiger partial charge in [0.2, 0.25) is 0 Å². The Labute approximate surface area is 158 Å². The zero-order chi connectivity index (χ0) is 17.6. The fraction of sp³-hybridized carbons (Fsp3) is 0.526. The number of likely N-dealkylation sites (tertiary alicyclic amines) is 1. The Kier molecular flexibility index (Phi) is 4.57. The third-order valence-corrected chi connectivity index (χ3v) is 6.62. The van der Waals surface area contributed by atoms with E-state index in [0.29, 0.717) is 10.0 Å². The van der Waals surface area contributed by atoms with E-state index in [0.717, 1.165) is 43.9 Å². The van der Waals surface area contributed by atoms with Crippen molar-refractivity contribution < 1.29 is 5.11 Å². The number of nitrogens with zero attached hydrogens (tertiary/aromatic N) is 3. The topological polar surface area (TPSA) is 41.3 Å². The van der Waals surface area contributed by atoms with Gasteiger partial charge in [-0.25, -0.2) is 4.98 Å². The van der Waals surface area contributed by atoms with Crippen LogP contribution in [0.5, 0.6) is 0 Å². The van der Waals surface area contributed by atoms with Crippen molar-refractivity contribution in [1.29, 1.82) is 0 Å². The molecule has 2 bridgehead atoms. The van der Waals surface area contributed by atoms with Crippen LogP contribution in [0.15, 0.2) is 30.6 Å². The molecule has 1 N–H and O–H groups in total. The summed E-state index contributed by atoms with van der Waals surface area (Å²) in [6.07, 6.45) is 6.97. The molecule has 0 radical (unpaired) electrons. The van der Waals surface area contributed by atoms with Crippen molar-refractivity contribution in [3.8, 4) is 0 Å². The SMILES string of the molecule is Cn1ccnc1C1(O)[C@@H]2CCC[C@H]1CN(Cc1ccc(Cl)c(Cl)c1)C2. The summed E-state index contributed by atoms with van der Waals surface area (Å²) in [5.74, 6) is 1.24. The second-order valence-corrected chi connectivity index (χ2v) is 8.27. The quantitative estimate of drug-likeness (QED) is 0.880. The van der Waals surface area contributed by atoms with E-state index in [4.69, 9.17) is 23.2 Å². The van der Waals surface area contributed by atoms with E-state index < -0.39 is 5.60 Å². The van der Waals surface area contributed by atoms with Crippen LogP contribution in [0, 0.1) is 11.8 Å². The number of halogens is 2. The van der Waals surface area contributed by atoms with Crippen molar-refractivity contribution in [1.82, 2.24) is 14.5 Å². The molecule has 4 rings (SSSR count). The van der Waals surface area contributed by atoms with Crippen molar-refractivity contribution in [2.24, 2.45) is 18.9 Å². The first-order valence-corrected chi connectivity index (χ1v) is 9.60. The minimum absolute atomic E-state index is 0.212. The lowest BCUT2D eigenvalue weighted by Crippen LogP contribution is -2.58. The average molecular weight is 380 g/mol. The van der Waals surface area contributed by atoms with Gasteiger partial charge in [0.15, 0.2) is 0 Å². The van der Waals surface area contributed by atoms with Crippen LogP contribution in [0.4, 0.5) is 0 Å². The molecule has 1 saturated carbocycles. The second-order valence-electron chi connectivity index (χ2n) is 7.45. The lowest BCUT2D eigenvalue weighted by molar-refractivity contribution is -0.155. The first kappa shape index (κ1) is 17.3. The monoisotopic (exact) mass is 379 g/mol. The van der Waals surface area contributed by atoms with Crippen LogP contribution in [-0.4, -0.2) is 32.6 Å². The molecular weight excluding hydrogens is 357 g/mol. The van der Waals surface area contributed by atoms with Crippen LogP contribution in [0.3, 0.4) is 0 Å². The first-order valence-electron chi connectivity index (χ1n) is 8.85. The highest BCUT2D eigenvalue weighted by Gasteiger charge is 2.53. The highest BCUT2D eigenvalue weighted by molar-refractivity contribution is 6.42. The molecule has 1 unspecified atom stereocenters. The Balaban J connectivity index is 1.57.